The molecule has 0 spiro atoms. The fourth-order valence-corrected chi connectivity index (χ4v) is 3.86. The summed E-state index contributed by atoms with van der Waals surface area (Å²) in [5.74, 6) is 0.992. The van der Waals surface area contributed by atoms with Crippen molar-refractivity contribution in [3.8, 4) is 0 Å². The molecule has 1 atom stereocenters. The van der Waals surface area contributed by atoms with Crippen LogP contribution in [0, 0.1) is 6.92 Å². The lowest BCUT2D eigenvalue weighted by molar-refractivity contribution is -0.117. The third-order valence-corrected chi connectivity index (χ3v) is 5.16. The molecule has 1 unspecified atom stereocenters. The predicted octanol–water partition coefficient (Wildman–Crippen LogP) is 2.75. The molecule has 0 aliphatic carbocycles. The molecule has 1 fully saturated rings. The number of nitrogens with one attached hydrogen (secondary N) is 2. The average molecular weight is 385 g/mol. The van der Waals surface area contributed by atoms with Crippen molar-refractivity contribution in [3.63, 3.8) is 0 Å². The van der Waals surface area contributed by atoms with Gasteiger partial charge in [-0.05, 0) is 43.6 Å². The van der Waals surface area contributed by atoms with Crippen molar-refractivity contribution in [3.05, 3.63) is 41.2 Å². The summed E-state index contributed by atoms with van der Waals surface area (Å²) in [7, 11) is 0. The molecule has 1 aliphatic rings. The summed E-state index contributed by atoms with van der Waals surface area (Å²) in [5, 5.41) is 16.1. The van der Waals surface area contributed by atoms with Crippen LogP contribution in [0.15, 0.2) is 34.4 Å². The average Bonchev–Trinajstić information content (AvgIpc) is 3.39. The van der Waals surface area contributed by atoms with Crippen LogP contribution < -0.4 is 10.6 Å². The number of carbonyl (C=O) groups excluding carboxylic acids is 1. The molecule has 0 radical (unpaired) electrons. The van der Waals surface area contributed by atoms with E-state index < -0.39 is 0 Å². The van der Waals surface area contributed by atoms with E-state index >= 15 is 0 Å². The highest BCUT2D eigenvalue weighted by Crippen LogP contribution is 2.33. The second-order valence-electron chi connectivity index (χ2n) is 6.29. The van der Waals surface area contributed by atoms with E-state index in [1.807, 2.05) is 23.6 Å². The number of aryl methyl sites for hydroxylation is 1. The SMILES string of the molecule is Cc1nonc1NC(=O)CN1CCCC1c1csc(Nc2ccccn2)n1. The summed E-state index contributed by atoms with van der Waals surface area (Å²) < 4.78 is 4.61. The van der Waals surface area contributed by atoms with Gasteiger partial charge in [0.25, 0.3) is 0 Å². The number of hydrogen-bond donors (Lipinski definition) is 2. The number of aromatic nitrogens is 4. The highest BCUT2D eigenvalue weighted by Gasteiger charge is 2.29. The Kier molecular flexibility index (Phi) is 5.07. The molecule has 1 saturated heterocycles. The Morgan fingerprint density at radius 1 is 1.41 bits per heavy atom. The smallest absolute Gasteiger partial charge is 0.239 e. The monoisotopic (exact) mass is 385 g/mol. The Morgan fingerprint density at radius 2 is 2.33 bits per heavy atom. The van der Waals surface area contributed by atoms with Crippen molar-refractivity contribution < 1.29 is 9.42 Å². The molecule has 0 saturated carbocycles. The number of likely N-dealkylation sites (tertiary alicyclic amines) is 1. The van der Waals surface area contributed by atoms with Crippen LogP contribution in [0.2, 0.25) is 0 Å². The van der Waals surface area contributed by atoms with E-state index in [2.05, 4.69) is 35.5 Å². The van der Waals surface area contributed by atoms with Crippen LogP contribution in [-0.4, -0.2) is 44.2 Å². The third-order valence-electron chi connectivity index (χ3n) is 4.38. The molecule has 9 nitrogen and oxygen atoms in total. The largest absolute Gasteiger partial charge is 0.316 e. The lowest BCUT2D eigenvalue weighted by Gasteiger charge is -2.22. The van der Waals surface area contributed by atoms with Crippen molar-refractivity contribution >= 4 is 34.0 Å². The maximum Gasteiger partial charge on any atom is 0.239 e. The van der Waals surface area contributed by atoms with E-state index in [0.29, 0.717) is 11.5 Å². The van der Waals surface area contributed by atoms with Gasteiger partial charge in [-0.2, -0.15) is 0 Å². The molecule has 27 heavy (non-hydrogen) atoms. The second kappa shape index (κ2) is 7.80. The van der Waals surface area contributed by atoms with Crippen molar-refractivity contribution in [2.45, 2.75) is 25.8 Å². The Hall–Kier alpha value is -2.85. The predicted molar refractivity (Wildman–Crippen MR) is 101 cm³/mol. The number of hydrogen-bond acceptors (Lipinski definition) is 9. The fourth-order valence-electron chi connectivity index (χ4n) is 3.09. The first kappa shape index (κ1) is 17.6. The van der Waals surface area contributed by atoms with Gasteiger partial charge in [-0.3, -0.25) is 9.69 Å². The molecule has 3 aromatic heterocycles. The Labute approximate surface area is 159 Å². The summed E-state index contributed by atoms with van der Waals surface area (Å²) in [6, 6.07) is 5.82. The Morgan fingerprint density at radius 3 is 3.11 bits per heavy atom. The molecule has 3 aromatic rings. The number of rotatable bonds is 6. The van der Waals surface area contributed by atoms with Gasteiger partial charge in [0.05, 0.1) is 18.3 Å². The number of thiazole rings is 1. The fraction of sp³-hybridized carbons (Fsp3) is 0.353. The van der Waals surface area contributed by atoms with Crippen molar-refractivity contribution in [2.24, 2.45) is 0 Å². The topological polar surface area (TPSA) is 109 Å². The number of amides is 1. The Bertz CT molecular complexity index is 911. The molecule has 4 heterocycles. The summed E-state index contributed by atoms with van der Waals surface area (Å²) in [4.78, 5) is 23.4. The highest BCUT2D eigenvalue weighted by molar-refractivity contribution is 7.13. The minimum Gasteiger partial charge on any atom is -0.316 e. The van der Waals surface area contributed by atoms with Gasteiger partial charge < -0.3 is 10.6 Å². The maximum absolute atomic E-state index is 12.3. The molecule has 2 N–H and O–H groups in total. The van der Waals surface area contributed by atoms with Crippen LogP contribution in [0.25, 0.3) is 0 Å². The first-order valence-corrected chi connectivity index (χ1v) is 9.53. The lowest BCUT2D eigenvalue weighted by atomic mass is 10.2. The normalized spacial score (nSPS) is 17.1. The molecule has 140 valence electrons. The summed E-state index contributed by atoms with van der Waals surface area (Å²) in [6.45, 7) is 2.86. The highest BCUT2D eigenvalue weighted by atomic mass is 32.1. The Balaban J connectivity index is 1.39. The van der Waals surface area contributed by atoms with E-state index in [9.17, 15) is 4.79 Å². The minimum absolute atomic E-state index is 0.128. The van der Waals surface area contributed by atoms with Gasteiger partial charge in [-0.15, -0.1) is 11.3 Å². The van der Waals surface area contributed by atoms with E-state index in [0.717, 1.165) is 36.0 Å². The van der Waals surface area contributed by atoms with Gasteiger partial charge in [0.15, 0.2) is 10.9 Å². The van der Waals surface area contributed by atoms with Crippen LogP contribution in [0.4, 0.5) is 16.8 Å². The molecule has 0 bridgehead atoms. The maximum atomic E-state index is 12.3. The standard InChI is InChI=1S/C17H19N7O2S/c1-11-16(23-26-22-11)21-15(25)9-24-8-4-5-13(24)12-10-27-17(19-12)20-14-6-2-3-7-18-14/h2-3,6-7,10,13H,4-5,8-9H2,1H3,(H,18,19,20)(H,21,23,25). The molecule has 1 aliphatic heterocycles. The summed E-state index contributed by atoms with van der Waals surface area (Å²) in [6.07, 6.45) is 3.74. The van der Waals surface area contributed by atoms with Crippen LogP contribution in [-0.2, 0) is 4.79 Å². The van der Waals surface area contributed by atoms with Gasteiger partial charge in [0.1, 0.15) is 11.5 Å². The van der Waals surface area contributed by atoms with Crippen molar-refractivity contribution in [1.82, 2.24) is 25.2 Å². The summed E-state index contributed by atoms with van der Waals surface area (Å²) in [5.41, 5.74) is 1.54. The molecule has 10 heteroatoms. The van der Waals surface area contributed by atoms with Gasteiger partial charge >= 0.3 is 0 Å². The zero-order chi connectivity index (χ0) is 18.6. The molecule has 4 rings (SSSR count). The molecule has 0 aromatic carbocycles. The summed E-state index contributed by atoms with van der Waals surface area (Å²) >= 11 is 1.54. The van der Waals surface area contributed by atoms with E-state index in [-0.39, 0.29) is 18.5 Å². The number of pyridine rings is 1. The number of anilines is 3. The minimum atomic E-state index is -0.136. The van der Waals surface area contributed by atoms with Crippen LogP contribution in [0.5, 0.6) is 0 Å². The van der Waals surface area contributed by atoms with Gasteiger partial charge in [-0.1, -0.05) is 11.2 Å². The van der Waals surface area contributed by atoms with Crippen LogP contribution >= 0.6 is 11.3 Å². The zero-order valence-corrected chi connectivity index (χ0v) is 15.6. The first-order chi connectivity index (χ1) is 13.2. The van der Waals surface area contributed by atoms with E-state index in [4.69, 9.17) is 4.98 Å². The van der Waals surface area contributed by atoms with Crippen molar-refractivity contribution in [2.75, 3.05) is 23.7 Å². The number of nitrogens with zero attached hydrogens (tertiary/aromatic N) is 5. The first-order valence-electron chi connectivity index (χ1n) is 8.65. The van der Waals surface area contributed by atoms with Gasteiger partial charge in [-0.25, -0.2) is 14.6 Å². The van der Waals surface area contributed by atoms with Crippen molar-refractivity contribution in [1.29, 1.82) is 0 Å². The quantitative estimate of drug-likeness (QED) is 0.667. The number of carbonyl (C=O) groups is 1. The van der Waals surface area contributed by atoms with Crippen LogP contribution in [0.3, 0.4) is 0 Å². The molecular formula is C17H19N7O2S. The van der Waals surface area contributed by atoms with E-state index in [1.54, 1.807) is 13.1 Å². The van der Waals surface area contributed by atoms with Gasteiger partial charge in [0.2, 0.25) is 5.91 Å². The van der Waals surface area contributed by atoms with Gasteiger partial charge in [0, 0.05) is 11.6 Å². The molecule has 1 amide bonds. The second-order valence-corrected chi connectivity index (χ2v) is 7.15. The zero-order valence-electron chi connectivity index (χ0n) is 14.8. The third kappa shape index (κ3) is 4.12. The van der Waals surface area contributed by atoms with Crippen LogP contribution in [0.1, 0.15) is 30.3 Å². The molecular weight excluding hydrogens is 366 g/mol. The van der Waals surface area contributed by atoms with E-state index in [1.165, 1.54) is 11.3 Å². The lowest BCUT2D eigenvalue weighted by Crippen LogP contribution is -2.33.